The van der Waals surface area contributed by atoms with Gasteiger partial charge in [0.25, 0.3) is 5.91 Å². The Morgan fingerprint density at radius 2 is 1.76 bits per heavy atom. The number of nitrogens with two attached hydrogens (primary N) is 1. The second-order valence-electron chi connectivity index (χ2n) is 4.43. The molecule has 0 spiro atoms. The van der Waals surface area contributed by atoms with E-state index in [9.17, 15) is 14.4 Å². The molecule has 0 unspecified atom stereocenters. The lowest BCUT2D eigenvalue weighted by atomic mass is 10.0. The first-order valence-electron chi connectivity index (χ1n) is 6.28. The zero-order valence-corrected chi connectivity index (χ0v) is 11.3. The first-order valence-corrected chi connectivity index (χ1v) is 6.28. The lowest BCUT2D eigenvalue weighted by Gasteiger charge is -2.13. The molecule has 0 aliphatic heterocycles. The van der Waals surface area contributed by atoms with Gasteiger partial charge in [0.1, 0.15) is 0 Å². The number of esters is 1. The maximum Gasteiger partial charge on any atom is 0.339 e. The van der Waals surface area contributed by atoms with Gasteiger partial charge in [-0.15, -0.1) is 0 Å². The largest absolute Gasteiger partial charge is 0.449 e. The fraction of sp³-hybridized carbons (Fsp3) is 0.133. The van der Waals surface area contributed by atoms with E-state index in [1.54, 1.807) is 18.2 Å². The summed E-state index contributed by atoms with van der Waals surface area (Å²) in [6.45, 7) is 1.36. The van der Waals surface area contributed by atoms with Crippen LogP contribution in [0.5, 0.6) is 0 Å². The van der Waals surface area contributed by atoms with Crippen molar-refractivity contribution in [2.45, 2.75) is 13.0 Å². The quantitative estimate of drug-likeness (QED) is 0.837. The van der Waals surface area contributed by atoms with Crippen LogP contribution >= 0.6 is 0 Å². The van der Waals surface area contributed by atoms with E-state index in [0.29, 0.717) is 5.56 Å². The second kappa shape index (κ2) is 6.04. The van der Waals surface area contributed by atoms with E-state index in [1.165, 1.54) is 6.92 Å². The van der Waals surface area contributed by atoms with Crippen LogP contribution in [0.3, 0.4) is 0 Å². The number of fused-ring (bicyclic) bond motifs is 1. The molecule has 3 amide bonds. The topological polar surface area (TPSA) is 98.5 Å². The minimum absolute atomic E-state index is 0.354. The third-order valence-corrected chi connectivity index (χ3v) is 2.91. The summed E-state index contributed by atoms with van der Waals surface area (Å²) in [7, 11) is 0. The number of nitrogens with one attached hydrogen (secondary N) is 1. The Morgan fingerprint density at radius 3 is 2.48 bits per heavy atom. The Bertz CT molecular complexity index is 706. The van der Waals surface area contributed by atoms with Crippen LogP contribution < -0.4 is 11.1 Å². The second-order valence-corrected chi connectivity index (χ2v) is 4.43. The van der Waals surface area contributed by atoms with Crippen molar-refractivity contribution >= 4 is 28.7 Å². The van der Waals surface area contributed by atoms with Gasteiger partial charge in [-0.25, -0.2) is 9.59 Å². The predicted molar refractivity (Wildman–Crippen MR) is 76.6 cm³/mol. The molecule has 6 nitrogen and oxygen atoms in total. The van der Waals surface area contributed by atoms with Gasteiger partial charge in [-0.1, -0.05) is 36.4 Å². The number of hydrogen-bond donors (Lipinski definition) is 2. The van der Waals surface area contributed by atoms with Crippen molar-refractivity contribution in [1.29, 1.82) is 0 Å². The highest BCUT2D eigenvalue weighted by Gasteiger charge is 2.20. The first-order chi connectivity index (χ1) is 9.99. The highest BCUT2D eigenvalue weighted by molar-refractivity contribution is 6.05. The molecule has 3 N–H and O–H groups in total. The molecule has 0 saturated heterocycles. The zero-order chi connectivity index (χ0) is 15.4. The van der Waals surface area contributed by atoms with Gasteiger partial charge in [0.2, 0.25) is 0 Å². The Kier molecular flexibility index (Phi) is 4.18. The van der Waals surface area contributed by atoms with Gasteiger partial charge in [-0.2, -0.15) is 0 Å². The van der Waals surface area contributed by atoms with E-state index in [4.69, 9.17) is 10.5 Å². The molecular formula is C15H14N2O4. The standard InChI is InChI=1S/C15H14N2O4/c1-9(13(18)17-15(16)20)21-14(19)12-8-4-6-10-5-2-3-7-11(10)12/h2-9H,1H3,(H3,16,17,18,20)/t9-/m0/s1. The van der Waals surface area contributed by atoms with Crippen molar-refractivity contribution in [1.82, 2.24) is 5.32 Å². The van der Waals surface area contributed by atoms with Crippen LogP contribution in [0.25, 0.3) is 10.8 Å². The van der Waals surface area contributed by atoms with E-state index >= 15 is 0 Å². The summed E-state index contributed by atoms with van der Waals surface area (Å²) in [5.41, 5.74) is 5.19. The van der Waals surface area contributed by atoms with Crippen LogP contribution in [0.4, 0.5) is 4.79 Å². The number of hydrogen-bond acceptors (Lipinski definition) is 4. The van der Waals surface area contributed by atoms with Gasteiger partial charge in [-0.3, -0.25) is 10.1 Å². The van der Waals surface area contributed by atoms with Crippen LogP contribution in [-0.2, 0) is 9.53 Å². The Hall–Kier alpha value is -2.89. The number of carbonyl (C=O) groups is 3. The summed E-state index contributed by atoms with van der Waals surface area (Å²) < 4.78 is 5.05. The van der Waals surface area contributed by atoms with Crippen LogP contribution in [0.2, 0.25) is 0 Å². The first kappa shape index (κ1) is 14.5. The average molecular weight is 286 g/mol. The third-order valence-electron chi connectivity index (χ3n) is 2.91. The smallest absolute Gasteiger partial charge is 0.339 e. The predicted octanol–water partition coefficient (Wildman–Crippen LogP) is 1.58. The number of carbonyl (C=O) groups excluding carboxylic acids is 3. The summed E-state index contributed by atoms with van der Waals surface area (Å²) in [4.78, 5) is 34.2. The molecule has 0 aliphatic rings. The fourth-order valence-electron chi connectivity index (χ4n) is 1.90. The van der Waals surface area contributed by atoms with Crippen LogP contribution in [0, 0.1) is 0 Å². The molecule has 0 aromatic heterocycles. The summed E-state index contributed by atoms with van der Waals surface area (Å²) >= 11 is 0. The monoisotopic (exact) mass is 286 g/mol. The zero-order valence-electron chi connectivity index (χ0n) is 11.3. The Balaban J connectivity index is 2.19. The van der Waals surface area contributed by atoms with Gasteiger partial charge >= 0.3 is 12.0 Å². The van der Waals surface area contributed by atoms with Crippen LogP contribution in [-0.4, -0.2) is 24.0 Å². The molecule has 2 aromatic rings. The van der Waals surface area contributed by atoms with Gasteiger partial charge < -0.3 is 10.5 Å². The minimum Gasteiger partial charge on any atom is -0.449 e. The lowest BCUT2D eigenvalue weighted by Crippen LogP contribution is -2.42. The fourth-order valence-corrected chi connectivity index (χ4v) is 1.90. The van der Waals surface area contributed by atoms with Crippen molar-refractivity contribution in [3.63, 3.8) is 0 Å². The Morgan fingerprint density at radius 1 is 1.10 bits per heavy atom. The molecule has 0 bridgehead atoms. The van der Waals surface area contributed by atoms with E-state index in [0.717, 1.165) is 10.8 Å². The molecule has 2 aromatic carbocycles. The van der Waals surface area contributed by atoms with Crippen molar-refractivity contribution in [3.05, 3.63) is 48.0 Å². The molecule has 0 radical (unpaired) electrons. The summed E-state index contributed by atoms with van der Waals surface area (Å²) in [6.07, 6.45) is -1.12. The molecule has 21 heavy (non-hydrogen) atoms. The van der Waals surface area contributed by atoms with E-state index in [2.05, 4.69) is 0 Å². The highest BCUT2D eigenvalue weighted by Crippen LogP contribution is 2.19. The van der Waals surface area contributed by atoms with Gasteiger partial charge in [0, 0.05) is 0 Å². The summed E-state index contributed by atoms with van der Waals surface area (Å²) in [6, 6.07) is 11.6. The number of imide groups is 1. The van der Waals surface area contributed by atoms with Gasteiger partial charge in [0.15, 0.2) is 6.10 Å². The number of ether oxygens (including phenoxy) is 1. The number of urea groups is 1. The third kappa shape index (κ3) is 3.36. The van der Waals surface area contributed by atoms with E-state index < -0.39 is 24.0 Å². The lowest BCUT2D eigenvalue weighted by molar-refractivity contribution is -0.127. The van der Waals surface area contributed by atoms with Crippen molar-refractivity contribution in [2.24, 2.45) is 5.73 Å². The molecule has 0 saturated carbocycles. The van der Waals surface area contributed by atoms with Gasteiger partial charge in [0.05, 0.1) is 5.56 Å². The number of amides is 3. The molecule has 2 rings (SSSR count). The summed E-state index contributed by atoms with van der Waals surface area (Å²) in [5, 5.41) is 3.48. The number of rotatable bonds is 3. The maximum atomic E-state index is 12.1. The highest BCUT2D eigenvalue weighted by atomic mass is 16.5. The SMILES string of the molecule is C[C@H](OC(=O)c1cccc2ccccc12)C(=O)NC(N)=O. The molecular weight excluding hydrogens is 272 g/mol. The molecule has 0 fully saturated rings. The Labute approximate surface area is 120 Å². The minimum atomic E-state index is -1.12. The van der Waals surface area contributed by atoms with Crippen LogP contribution in [0.1, 0.15) is 17.3 Å². The maximum absolute atomic E-state index is 12.1. The molecule has 108 valence electrons. The van der Waals surface area contributed by atoms with Crippen molar-refractivity contribution in [3.8, 4) is 0 Å². The van der Waals surface area contributed by atoms with Crippen molar-refractivity contribution in [2.75, 3.05) is 0 Å². The van der Waals surface area contributed by atoms with Gasteiger partial charge in [-0.05, 0) is 23.8 Å². The van der Waals surface area contributed by atoms with Crippen LogP contribution in [0.15, 0.2) is 42.5 Å². The average Bonchev–Trinajstić information content (AvgIpc) is 2.45. The van der Waals surface area contributed by atoms with E-state index in [-0.39, 0.29) is 0 Å². The summed E-state index contributed by atoms with van der Waals surface area (Å²) in [5.74, 6) is -1.41. The van der Waals surface area contributed by atoms with E-state index in [1.807, 2.05) is 29.6 Å². The molecule has 0 heterocycles. The molecule has 0 aliphatic carbocycles. The normalized spacial score (nSPS) is 11.7. The number of primary amides is 1. The molecule has 6 heteroatoms. The number of benzene rings is 2. The molecule has 1 atom stereocenters. The van der Waals surface area contributed by atoms with Crippen molar-refractivity contribution < 1.29 is 19.1 Å².